The van der Waals surface area contributed by atoms with Crippen molar-refractivity contribution in [1.29, 1.82) is 0 Å². The van der Waals surface area contributed by atoms with E-state index in [1.165, 1.54) is 0 Å². The predicted molar refractivity (Wildman–Crippen MR) is 132 cm³/mol. The van der Waals surface area contributed by atoms with E-state index < -0.39 is 0 Å². The highest BCUT2D eigenvalue weighted by Gasteiger charge is 2.21. The molecule has 0 radical (unpaired) electrons. The van der Waals surface area contributed by atoms with Crippen molar-refractivity contribution < 1.29 is 9.47 Å². The van der Waals surface area contributed by atoms with Gasteiger partial charge in [-0.1, -0.05) is 23.2 Å². The molecular weight excluding hydrogens is 445 g/mol. The maximum absolute atomic E-state index is 6.44. The fraction of sp³-hybridized carbons (Fsp3) is 0.400. The molecule has 0 atom stereocenters. The quantitative estimate of drug-likeness (QED) is 0.409. The van der Waals surface area contributed by atoms with Crippen LogP contribution in [0.2, 0.25) is 10.0 Å². The minimum Gasteiger partial charge on any atom is -0.492 e. The number of rotatable bonds is 8. The first-order valence-corrected chi connectivity index (χ1v) is 11.9. The van der Waals surface area contributed by atoms with E-state index in [4.69, 9.17) is 32.7 Å². The first-order valence-electron chi connectivity index (χ1n) is 11.2. The molecule has 0 aliphatic carbocycles. The minimum atomic E-state index is 0.427. The number of fused-ring (bicyclic) bond motifs is 1. The molecule has 3 aromatic rings. The molecule has 5 nitrogen and oxygen atoms in total. The van der Waals surface area contributed by atoms with E-state index in [-0.39, 0.29) is 0 Å². The summed E-state index contributed by atoms with van der Waals surface area (Å²) in [5, 5.41) is 6.08. The zero-order valence-corrected chi connectivity index (χ0v) is 20.0. The number of anilines is 1. The van der Waals surface area contributed by atoms with Crippen LogP contribution in [0, 0.1) is 0 Å². The average Bonchev–Trinajstić information content (AvgIpc) is 2.78. The van der Waals surface area contributed by atoms with Crippen LogP contribution < -0.4 is 14.8 Å². The third-order valence-electron chi connectivity index (χ3n) is 5.72. The summed E-state index contributed by atoms with van der Waals surface area (Å²) in [4.78, 5) is 6.91. The molecule has 1 aromatic heterocycles. The first kappa shape index (κ1) is 23.0. The molecule has 0 bridgehead atoms. The Kier molecular flexibility index (Phi) is 7.61. The van der Waals surface area contributed by atoms with Gasteiger partial charge in [-0.3, -0.25) is 9.88 Å². The van der Waals surface area contributed by atoms with E-state index in [2.05, 4.69) is 15.2 Å². The largest absolute Gasteiger partial charge is 0.492 e. The highest BCUT2D eigenvalue weighted by Crippen LogP contribution is 2.36. The molecule has 32 heavy (non-hydrogen) atoms. The molecule has 0 amide bonds. The molecule has 170 valence electrons. The van der Waals surface area contributed by atoms with Crippen LogP contribution in [0.3, 0.4) is 0 Å². The van der Waals surface area contributed by atoms with Gasteiger partial charge in [0.15, 0.2) is 0 Å². The maximum atomic E-state index is 6.44. The van der Waals surface area contributed by atoms with E-state index in [1.807, 2.05) is 56.4 Å². The number of piperidine rings is 1. The van der Waals surface area contributed by atoms with Crippen molar-refractivity contribution in [2.24, 2.45) is 0 Å². The first-order chi connectivity index (χ1) is 15.6. The fourth-order valence-corrected chi connectivity index (χ4v) is 4.58. The lowest BCUT2D eigenvalue weighted by atomic mass is 10.0. The van der Waals surface area contributed by atoms with Gasteiger partial charge < -0.3 is 14.8 Å². The summed E-state index contributed by atoms with van der Waals surface area (Å²) in [5.41, 5.74) is 3.19. The van der Waals surface area contributed by atoms with Crippen molar-refractivity contribution in [3.05, 3.63) is 58.2 Å². The van der Waals surface area contributed by atoms with Crippen molar-refractivity contribution in [2.45, 2.75) is 39.3 Å². The van der Waals surface area contributed by atoms with Crippen molar-refractivity contribution in [1.82, 2.24) is 9.88 Å². The Labute approximate surface area is 199 Å². The van der Waals surface area contributed by atoms with E-state index in [9.17, 15) is 0 Å². The Bertz CT molecular complexity index is 1040. The number of halogens is 2. The third-order valence-corrected chi connectivity index (χ3v) is 6.33. The molecule has 0 saturated carbocycles. The third kappa shape index (κ3) is 5.40. The molecule has 2 heterocycles. The molecule has 1 saturated heterocycles. The van der Waals surface area contributed by atoms with Crippen LogP contribution in [0.1, 0.15) is 32.3 Å². The van der Waals surface area contributed by atoms with E-state index in [1.54, 1.807) is 0 Å². The second kappa shape index (κ2) is 10.6. The number of benzene rings is 2. The Balaban J connectivity index is 1.39. The van der Waals surface area contributed by atoms with Crippen LogP contribution in [0.4, 0.5) is 5.69 Å². The van der Waals surface area contributed by atoms with Gasteiger partial charge in [-0.05, 0) is 68.7 Å². The normalized spacial score (nSPS) is 15.1. The van der Waals surface area contributed by atoms with Crippen LogP contribution in [0.25, 0.3) is 10.9 Å². The molecule has 7 heteroatoms. The van der Waals surface area contributed by atoms with E-state index >= 15 is 0 Å². The standard InChI is InChI=1S/C25H29Cl2N3O2/c1-3-31-23-13-17(14-24(25(23)27)32-4-2)16-30-11-8-19(9-12-30)29-21-7-10-28-22-15-18(26)5-6-20(21)22/h5-7,10,13-15,19H,3-4,8-9,11-12,16H2,1-2H3,(H,28,29). The lowest BCUT2D eigenvalue weighted by Crippen LogP contribution is -2.38. The summed E-state index contributed by atoms with van der Waals surface area (Å²) in [6, 6.07) is 12.4. The number of hydrogen-bond donors (Lipinski definition) is 1. The summed E-state index contributed by atoms with van der Waals surface area (Å²) < 4.78 is 11.5. The maximum Gasteiger partial charge on any atom is 0.141 e. The van der Waals surface area contributed by atoms with Crippen molar-refractivity contribution in [2.75, 3.05) is 31.6 Å². The van der Waals surface area contributed by atoms with Crippen LogP contribution >= 0.6 is 23.2 Å². The Morgan fingerprint density at radius 1 is 1.00 bits per heavy atom. The number of likely N-dealkylation sites (tertiary alicyclic amines) is 1. The van der Waals surface area contributed by atoms with Crippen molar-refractivity contribution >= 4 is 39.8 Å². The number of aromatic nitrogens is 1. The topological polar surface area (TPSA) is 46.6 Å². The highest BCUT2D eigenvalue weighted by atomic mass is 35.5. The monoisotopic (exact) mass is 473 g/mol. The van der Waals surface area contributed by atoms with Crippen LogP contribution in [0.5, 0.6) is 11.5 Å². The summed E-state index contributed by atoms with van der Waals surface area (Å²) in [6.07, 6.45) is 3.98. The van der Waals surface area contributed by atoms with Crippen molar-refractivity contribution in [3.63, 3.8) is 0 Å². The van der Waals surface area contributed by atoms with Gasteiger partial charge in [-0.25, -0.2) is 0 Å². The fourth-order valence-electron chi connectivity index (χ4n) is 4.20. The van der Waals surface area contributed by atoms with Gasteiger partial charge in [0.2, 0.25) is 0 Å². The summed E-state index contributed by atoms with van der Waals surface area (Å²) in [6.45, 7) is 7.94. The molecule has 1 aliphatic rings. The van der Waals surface area contributed by atoms with Crippen LogP contribution in [0.15, 0.2) is 42.6 Å². The lowest BCUT2D eigenvalue weighted by molar-refractivity contribution is 0.210. The van der Waals surface area contributed by atoms with Crippen LogP contribution in [-0.4, -0.2) is 42.2 Å². The van der Waals surface area contributed by atoms with E-state index in [0.29, 0.717) is 40.8 Å². The van der Waals surface area contributed by atoms with Crippen molar-refractivity contribution in [3.8, 4) is 11.5 Å². The van der Waals surface area contributed by atoms with Gasteiger partial charge in [0, 0.05) is 48.0 Å². The van der Waals surface area contributed by atoms with E-state index in [0.717, 1.165) is 54.6 Å². The van der Waals surface area contributed by atoms with Gasteiger partial charge in [-0.2, -0.15) is 0 Å². The number of hydrogen-bond acceptors (Lipinski definition) is 5. The summed E-state index contributed by atoms with van der Waals surface area (Å²) in [5.74, 6) is 1.38. The molecular formula is C25H29Cl2N3O2. The summed E-state index contributed by atoms with van der Waals surface area (Å²) in [7, 11) is 0. The smallest absolute Gasteiger partial charge is 0.141 e. The Morgan fingerprint density at radius 3 is 2.34 bits per heavy atom. The van der Waals surface area contributed by atoms with Gasteiger partial charge in [0.1, 0.15) is 16.5 Å². The number of ether oxygens (including phenoxy) is 2. The SMILES string of the molecule is CCOc1cc(CN2CCC(Nc3ccnc4cc(Cl)ccc34)CC2)cc(OCC)c1Cl. The molecule has 0 spiro atoms. The minimum absolute atomic E-state index is 0.427. The predicted octanol–water partition coefficient (Wildman–Crippen LogP) is 6.42. The molecule has 2 aromatic carbocycles. The Hall–Kier alpha value is -2.21. The molecule has 1 aliphatic heterocycles. The van der Waals surface area contributed by atoms with Gasteiger partial charge in [0.25, 0.3) is 0 Å². The average molecular weight is 474 g/mol. The molecule has 1 fully saturated rings. The zero-order valence-electron chi connectivity index (χ0n) is 18.5. The van der Waals surface area contributed by atoms with Gasteiger partial charge >= 0.3 is 0 Å². The second-order valence-corrected chi connectivity index (χ2v) is 8.80. The second-order valence-electron chi connectivity index (χ2n) is 7.99. The van der Waals surface area contributed by atoms with Gasteiger partial charge in [0.05, 0.1) is 18.7 Å². The molecule has 4 rings (SSSR count). The number of nitrogens with zero attached hydrogens (tertiary/aromatic N) is 2. The lowest BCUT2D eigenvalue weighted by Gasteiger charge is -2.33. The number of nitrogens with one attached hydrogen (secondary N) is 1. The molecule has 1 N–H and O–H groups in total. The highest BCUT2D eigenvalue weighted by molar-refractivity contribution is 6.33. The summed E-state index contributed by atoms with van der Waals surface area (Å²) >= 11 is 12.6. The molecule has 0 unspecified atom stereocenters. The Morgan fingerprint density at radius 2 is 1.69 bits per heavy atom. The van der Waals surface area contributed by atoms with Crippen LogP contribution in [-0.2, 0) is 6.54 Å². The van der Waals surface area contributed by atoms with Gasteiger partial charge in [-0.15, -0.1) is 0 Å². The zero-order chi connectivity index (χ0) is 22.5. The number of pyridine rings is 1.